The van der Waals surface area contributed by atoms with Crippen LogP contribution in [0.25, 0.3) is 0 Å². The average Bonchev–Trinajstić information content (AvgIpc) is 3.52. The smallest absolute Gasteiger partial charge is 0.254 e. The van der Waals surface area contributed by atoms with Crippen molar-refractivity contribution in [2.75, 3.05) is 20.2 Å². The van der Waals surface area contributed by atoms with Gasteiger partial charge in [0.15, 0.2) is 9.84 Å². The van der Waals surface area contributed by atoms with Crippen LogP contribution in [0.4, 0.5) is 0 Å². The molecular weight excluding hydrogens is 414 g/mol. The van der Waals surface area contributed by atoms with Crippen LogP contribution in [-0.2, 0) is 20.3 Å². The Kier molecular flexibility index (Phi) is 6.08. The number of aryl methyl sites for hydroxylation is 2. The van der Waals surface area contributed by atoms with Gasteiger partial charge in [-0.3, -0.25) is 4.79 Å². The van der Waals surface area contributed by atoms with Gasteiger partial charge in [0.05, 0.1) is 24.1 Å². The van der Waals surface area contributed by atoms with E-state index in [1.807, 2.05) is 50.2 Å². The van der Waals surface area contributed by atoms with Crippen LogP contribution >= 0.6 is 0 Å². The molecule has 2 atom stereocenters. The van der Waals surface area contributed by atoms with Gasteiger partial charge in [-0.25, -0.2) is 8.42 Å². The van der Waals surface area contributed by atoms with Gasteiger partial charge >= 0.3 is 0 Å². The fraction of sp³-hybridized carbons (Fsp3) is 0.458. The topological polar surface area (TPSA) is 72.9 Å². The van der Waals surface area contributed by atoms with Crippen LogP contribution in [0.2, 0.25) is 0 Å². The van der Waals surface area contributed by atoms with Crippen molar-refractivity contribution in [3.8, 4) is 5.75 Å². The first-order chi connectivity index (χ1) is 14.8. The lowest BCUT2D eigenvalue weighted by molar-refractivity contribution is 0.0339. The molecule has 0 N–H and O–H groups in total. The van der Waals surface area contributed by atoms with E-state index < -0.39 is 9.84 Å². The predicted molar refractivity (Wildman–Crippen MR) is 119 cm³/mol. The number of nitrogens with zero attached hydrogens (tertiary/aromatic N) is 1. The minimum atomic E-state index is -3.09. The fourth-order valence-electron chi connectivity index (χ4n) is 4.05. The van der Waals surface area contributed by atoms with E-state index in [4.69, 9.17) is 9.47 Å². The maximum Gasteiger partial charge on any atom is 0.254 e. The number of sulfone groups is 1. The van der Waals surface area contributed by atoms with Gasteiger partial charge in [-0.05, 0) is 56.0 Å². The number of carbonyl (C=O) groups excluding carboxylic acids is 1. The maximum absolute atomic E-state index is 13.1. The Hall–Kier alpha value is -2.38. The van der Waals surface area contributed by atoms with Crippen LogP contribution in [0.1, 0.15) is 39.9 Å². The minimum absolute atomic E-state index is 0.0290. The van der Waals surface area contributed by atoms with Crippen LogP contribution in [-0.4, -0.2) is 56.9 Å². The lowest BCUT2D eigenvalue weighted by atomic mass is 10.0. The van der Waals surface area contributed by atoms with E-state index >= 15 is 0 Å². The van der Waals surface area contributed by atoms with E-state index in [-0.39, 0.29) is 29.1 Å². The summed E-state index contributed by atoms with van der Waals surface area (Å²) in [4.78, 5) is 14.9. The Balaban J connectivity index is 1.47. The third kappa shape index (κ3) is 4.93. The van der Waals surface area contributed by atoms with Crippen molar-refractivity contribution in [1.82, 2.24) is 4.90 Å². The molecule has 2 aromatic rings. The minimum Gasteiger partial charge on any atom is -0.486 e. The summed E-state index contributed by atoms with van der Waals surface area (Å²) in [6.45, 7) is 4.77. The zero-order valence-corrected chi connectivity index (χ0v) is 19.0. The molecule has 0 unspecified atom stereocenters. The highest BCUT2D eigenvalue weighted by molar-refractivity contribution is 7.91. The predicted octanol–water partition coefficient (Wildman–Crippen LogP) is 3.30. The van der Waals surface area contributed by atoms with Crippen LogP contribution in [0.3, 0.4) is 0 Å². The van der Waals surface area contributed by atoms with Crippen molar-refractivity contribution in [2.24, 2.45) is 0 Å². The second-order valence-corrected chi connectivity index (χ2v) is 10.9. The van der Waals surface area contributed by atoms with Crippen molar-refractivity contribution in [3.05, 3.63) is 64.7 Å². The highest BCUT2D eigenvalue weighted by atomic mass is 32.2. The van der Waals surface area contributed by atoms with Gasteiger partial charge < -0.3 is 14.4 Å². The van der Waals surface area contributed by atoms with Crippen molar-refractivity contribution < 1.29 is 22.7 Å². The number of likely N-dealkylation sites (tertiary alicyclic amines) is 1. The van der Waals surface area contributed by atoms with Crippen LogP contribution < -0.4 is 4.74 Å². The van der Waals surface area contributed by atoms with E-state index in [1.165, 1.54) is 0 Å². The number of hydrogen-bond donors (Lipinski definition) is 0. The second-order valence-electron chi connectivity index (χ2n) is 8.61. The summed E-state index contributed by atoms with van der Waals surface area (Å²) >= 11 is 0. The molecule has 0 aromatic heterocycles. The molecule has 1 amide bonds. The fourth-order valence-corrected chi connectivity index (χ4v) is 5.78. The number of rotatable bonds is 7. The number of ether oxygens (including phenoxy) is 2. The zero-order chi connectivity index (χ0) is 22.2. The molecule has 2 aliphatic rings. The van der Waals surface area contributed by atoms with Gasteiger partial charge in [0.1, 0.15) is 18.0 Å². The SMILES string of the molecule is CO[C@@H]1CN(C(=O)c2cc(C)ccc2C)C[C@H]1Oc1cccc(CS(=O)(=O)C2CC2)c1. The lowest BCUT2D eigenvalue weighted by Gasteiger charge is -2.19. The van der Waals surface area contributed by atoms with Crippen LogP contribution in [0, 0.1) is 13.8 Å². The molecule has 1 saturated heterocycles. The molecule has 0 bridgehead atoms. The summed E-state index contributed by atoms with van der Waals surface area (Å²) in [6, 6.07) is 13.1. The Labute approximate surface area is 184 Å². The molecule has 0 radical (unpaired) electrons. The summed E-state index contributed by atoms with van der Waals surface area (Å²) in [7, 11) is -1.47. The van der Waals surface area contributed by atoms with Crippen LogP contribution in [0.5, 0.6) is 5.75 Å². The van der Waals surface area contributed by atoms with Crippen molar-refractivity contribution >= 4 is 15.7 Å². The van der Waals surface area contributed by atoms with Gasteiger partial charge in [-0.1, -0.05) is 29.8 Å². The van der Waals surface area contributed by atoms with Gasteiger partial charge in [0.25, 0.3) is 5.91 Å². The lowest BCUT2D eigenvalue weighted by Crippen LogP contribution is -2.32. The summed E-state index contributed by atoms with van der Waals surface area (Å²) in [6.07, 6.45) is 0.947. The average molecular weight is 444 g/mol. The first-order valence-corrected chi connectivity index (χ1v) is 12.3. The van der Waals surface area contributed by atoms with Crippen molar-refractivity contribution in [2.45, 2.75) is 49.9 Å². The molecule has 7 heteroatoms. The molecule has 0 spiro atoms. The molecule has 1 saturated carbocycles. The molecule has 2 aromatic carbocycles. The molecule has 4 rings (SSSR count). The van der Waals surface area contributed by atoms with Crippen molar-refractivity contribution in [3.63, 3.8) is 0 Å². The van der Waals surface area contributed by atoms with E-state index in [0.717, 1.165) is 29.5 Å². The number of carbonyl (C=O) groups is 1. The van der Waals surface area contributed by atoms with Gasteiger partial charge in [0.2, 0.25) is 0 Å². The quantitative estimate of drug-likeness (QED) is 0.657. The van der Waals surface area contributed by atoms with Gasteiger partial charge in [0, 0.05) is 12.7 Å². The third-order valence-corrected chi connectivity index (χ3v) is 8.24. The number of amides is 1. The molecule has 1 aliphatic carbocycles. The summed E-state index contributed by atoms with van der Waals surface area (Å²) < 4.78 is 36.4. The van der Waals surface area contributed by atoms with E-state index in [0.29, 0.717) is 24.4 Å². The van der Waals surface area contributed by atoms with E-state index in [1.54, 1.807) is 18.1 Å². The Morgan fingerprint density at radius 2 is 1.81 bits per heavy atom. The standard InChI is InChI=1S/C24H29NO5S/c1-16-7-8-17(2)21(11-16)24(26)25-13-22(29-3)23(14-25)30-19-6-4-5-18(12-19)15-31(27,28)20-9-10-20/h4-8,11-12,20,22-23H,9-10,13-15H2,1-3H3/t22-,23-/m1/s1. The molecule has 1 heterocycles. The number of hydrogen-bond acceptors (Lipinski definition) is 5. The Morgan fingerprint density at radius 1 is 1.06 bits per heavy atom. The molecule has 1 aliphatic heterocycles. The van der Waals surface area contributed by atoms with Crippen LogP contribution in [0.15, 0.2) is 42.5 Å². The first kappa shape index (κ1) is 21.8. The molecule has 166 valence electrons. The summed E-state index contributed by atoms with van der Waals surface area (Å²) in [5, 5.41) is -0.186. The number of benzene rings is 2. The second kappa shape index (κ2) is 8.63. The van der Waals surface area contributed by atoms with Crippen molar-refractivity contribution in [1.29, 1.82) is 0 Å². The monoisotopic (exact) mass is 443 g/mol. The highest BCUT2D eigenvalue weighted by Gasteiger charge is 2.38. The van der Waals surface area contributed by atoms with Gasteiger partial charge in [-0.15, -0.1) is 0 Å². The highest BCUT2D eigenvalue weighted by Crippen LogP contribution is 2.31. The first-order valence-electron chi connectivity index (χ1n) is 10.6. The largest absolute Gasteiger partial charge is 0.486 e. The summed E-state index contributed by atoms with van der Waals surface area (Å²) in [5.41, 5.74) is 3.41. The zero-order valence-electron chi connectivity index (χ0n) is 18.2. The van der Waals surface area contributed by atoms with E-state index in [9.17, 15) is 13.2 Å². The van der Waals surface area contributed by atoms with Gasteiger partial charge in [-0.2, -0.15) is 0 Å². The Bertz CT molecular complexity index is 1080. The molecular formula is C24H29NO5S. The summed E-state index contributed by atoms with van der Waals surface area (Å²) in [5.74, 6) is 0.597. The van der Waals surface area contributed by atoms with E-state index in [2.05, 4.69) is 0 Å². The molecule has 2 fully saturated rings. The molecule has 6 nitrogen and oxygen atoms in total. The number of methoxy groups -OCH3 is 1. The Morgan fingerprint density at radius 3 is 2.52 bits per heavy atom. The normalized spacial score (nSPS) is 21.3. The molecule has 31 heavy (non-hydrogen) atoms. The third-order valence-electron chi connectivity index (χ3n) is 6.01. The maximum atomic E-state index is 13.1.